The Hall–Kier alpha value is -1.88. The monoisotopic (exact) mass is 295 g/mol. The van der Waals surface area contributed by atoms with Gasteiger partial charge in [-0.3, -0.25) is 9.89 Å². The number of amides is 1. The summed E-state index contributed by atoms with van der Waals surface area (Å²) in [5.41, 5.74) is 3.12. The van der Waals surface area contributed by atoms with Gasteiger partial charge in [-0.15, -0.1) is 0 Å². The Morgan fingerprint density at radius 1 is 1.45 bits per heavy atom. The van der Waals surface area contributed by atoms with Crippen LogP contribution < -0.4 is 5.32 Å². The zero-order valence-corrected chi connectivity index (χ0v) is 12.0. The van der Waals surface area contributed by atoms with Gasteiger partial charge < -0.3 is 5.32 Å². The third-order valence-electron chi connectivity index (χ3n) is 3.10. The number of halogens is 2. The first-order valence-corrected chi connectivity index (χ1v) is 6.56. The molecule has 106 valence electrons. The molecular weight excluding hydrogens is 281 g/mol. The van der Waals surface area contributed by atoms with E-state index in [0.29, 0.717) is 10.6 Å². The number of nitrogens with zero attached hydrogens (tertiary/aromatic N) is 1. The van der Waals surface area contributed by atoms with Crippen LogP contribution in [0, 0.1) is 19.7 Å². The average Bonchev–Trinajstić information content (AvgIpc) is 2.71. The van der Waals surface area contributed by atoms with Gasteiger partial charge in [-0.05, 0) is 37.6 Å². The smallest absolute Gasteiger partial charge is 0.224 e. The minimum absolute atomic E-state index is 0.155. The van der Waals surface area contributed by atoms with Crippen LogP contribution in [0.15, 0.2) is 18.2 Å². The fourth-order valence-corrected chi connectivity index (χ4v) is 2.11. The molecule has 2 aromatic rings. The van der Waals surface area contributed by atoms with Crippen LogP contribution in [0.4, 0.5) is 4.39 Å². The van der Waals surface area contributed by atoms with E-state index in [-0.39, 0.29) is 24.7 Å². The van der Waals surface area contributed by atoms with Gasteiger partial charge in [0.05, 0.1) is 12.1 Å². The molecule has 0 unspecified atom stereocenters. The maximum absolute atomic E-state index is 13.1. The summed E-state index contributed by atoms with van der Waals surface area (Å²) in [6, 6.07) is 4.07. The van der Waals surface area contributed by atoms with Gasteiger partial charge >= 0.3 is 0 Å². The summed E-state index contributed by atoms with van der Waals surface area (Å²) >= 11 is 5.94. The molecule has 4 nitrogen and oxygen atoms in total. The van der Waals surface area contributed by atoms with Crippen LogP contribution in [0.25, 0.3) is 0 Å². The second-order valence-electron chi connectivity index (χ2n) is 4.60. The van der Waals surface area contributed by atoms with Gasteiger partial charge in [0.25, 0.3) is 0 Å². The van der Waals surface area contributed by atoms with Crippen molar-refractivity contribution in [1.82, 2.24) is 15.5 Å². The summed E-state index contributed by atoms with van der Waals surface area (Å²) in [6.45, 7) is 3.91. The Balaban J connectivity index is 1.97. The van der Waals surface area contributed by atoms with E-state index in [9.17, 15) is 9.18 Å². The number of benzene rings is 1. The van der Waals surface area contributed by atoms with Crippen LogP contribution in [0.1, 0.15) is 22.5 Å². The highest BCUT2D eigenvalue weighted by Crippen LogP contribution is 2.17. The zero-order valence-electron chi connectivity index (χ0n) is 11.3. The Morgan fingerprint density at radius 2 is 2.20 bits per heavy atom. The molecule has 2 N–H and O–H groups in total. The summed E-state index contributed by atoms with van der Waals surface area (Å²) in [4.78, 5) is 11.9. The lowest BCUT2D eigenvalue weighted by Crippen LogP contribution is -2.25. The lowest BCUT2D eigenvalue weighted by molar-refractivity contribution is -0.120. The molecule has 1 amide bonds. The van der Waals surface area contributed by atoms with E-state index in [1.807, 2.05) is 13.8 Å². The van der Waals surface area contributed by atoms with Crippen LogP contribution in [-0.4, -0.2) is 16.1 Å². The van der Waals surface area contributed by atoms with Crippen molar-refractivity contribution in [2.45, 2.75) is 26.8 Å². The minimum Gasteiger partial charge on any atom is -0.352 e. The molecule has 0 aliphatic heterocycles. The third kappa shape index (κ3) is 3.36. The first-order chi connectivity index (χ1) is 9.47. The number of aryl methyl sites for hydroxylation is 2. The molecule has 0 fully saturated rings. The summed E-state index contributed by atoms with van der Waals surface area (Å²) in [5, 5.41) is 10.0. The topological polar surface area (TPSA) is 57.8 Å². The Morgan fingerprint density at radius 3 is 2.85 bits per heavy atom. The molecule has 1 aromatic heterocycles. The molecule has 1 heterocycles. The maximum atomic E-state index is 13.1. The van der Waals surface area contributed by atoms with Crippen LogP contribution >= 0.6 is 11.6 Å². The lowest BCUT2D eigenvalue weighted by atomic mass is 10.1. The Kier molecular flexibility index (Phi) is 4.39. The van der Waals surface area contributed by atoms with Crippen LogP contribution in [-0.2, 0) is 17.8 Å². The predicted octanol–water partition coefficient (Wildman–Crippen LogP) is 2.68. The first kappa shape index (κ1) is 14.5. The second-order valence-corrected chi connectivity index (χ2v) is 5.01. The number of rotatable bonds is 4. The van der Waals surface area contributed by atoms with Crippen molar-refractivity contribution >= 4 is 17.5 Å². The molecule has 0 saturated carbocycles. The van der Waals surface area contributed by atoms with Gasteiger partial charge in [0.15, 0.2) is 0 Å². The fourth-order valence-electron chi connectivity index (χ4n) is 1.93. The molecule has 0 bridgehead atoms. The molecular formula is C14H15ClFN3O. The van der Waals surface area contributed by atoms with E-state index in [0.717, 1.165) is 17.0 Å². The molecule has 2 rings (SSSR count). The molecule has 1 aromatic carbocycles. The van der Waals surface area contributed by atoms with Gasteiger partial charge in [-0.1, -0.05) is 11.6 Å². The number of nitrogens with one attached hydrogen (secondary N) is 2. The standard InChI is InChI=1S/C14H15ClFN3O/c1-8-12(9(2)19-18-8)6-14(20)17-7-10-5-11(16)3-4-13(10)15/h3-5H,6-7H2,1-2H3,(H,17,20)(H,18,19). The van der Waals surface area contributed by atoms with Gasteiger partial charge in [0.2, 0.25) is 5.91 Å². The minimum atomic E-state index is -0.375. The first-order valence-electron chi connectivity index (χ1n) is 6.18. The zero-order chi connectivity index (χ0) is 14.7. The van der Waals surface area contributed by atoms with E-state index in [1.165, 1.54) is 18.2 Å². The number of carbonyl (C=O) groups excluding carboxylic acids is 1. The van der Waals surface area contributed by atoms with Gasteiger partial charge in [-0.25, -0.2) is 4.39 Å². The lowest BCUT2D eigenvalue weighted by Gasteiger charge is -2.07. The third-order valence-corrected chi connectivity index (χ3v) is 3.47. The average molecular weight is 296 g/mol. The van der Waals surface area contributed by atoms with Crippen molar-refractivity contribution in [3.63, 3.8) is 0 Å². The predicted molar refractivity (Wildman–Crippen MR) is 75.0 cm³/mol. The highest BCUT2D eigenvalue weighted by atomic mass is 35.5. The molecule has 20 heavy (non-hydrogen) atoms. The highest BCUT2D eigenvalue weighted by molar-refractivity contribution is 6.31. The van der Waals surface area contributed by atoms with E-state index in [4.69, 9.17) is 11.6 Å². The van der Waals surface area contributed by atoms with Crippen molar-refractivity contribution < 1.29 is 9.18 Å². The van der Waals surface area contributed by atoms with Crippen LogP contribution in [0.2, 0.25) is 5.02 Å². The number of aromatic nitrogens is 2. The van der Waals surface area contributed by atoms with Crippen molar-refractivity contribution in [2.75, 3.05) is 0 Å². The maximum Gasteiger partial charge on any atom is 0.224 e. The molecule has 0 aliphatic rings. The number of H-pyrrole nitrogens is 1. The number of aromatic amines is 1. The summed E-state index contributed by atoms with van der Waals surface area (Å²) in [5.74, 6) is -0.530. The van der Waals surface area contributed by atoms with E-state index >= 15 is 0 Å². The Labute approximate surface area is 121 Å². The molecule has 0 spiro atoms. The second kappa shape index (κ2) is 6.05. The van der Waals surface area contributed by atoms with Crippen molar-refractivity contribution in [3.05, 3.63) is 51.6 Å². The van der Waals surface area contributed by atoms with Gasteiger partial charge in [0.1, 0.15) is 5.82 Å². The molecule has 0 radical (unpaired) electrons. The quantitative estimate of drug-likeness (QED) is 0.911. The molecule has 0 saturated heterocycles. The molecule has 0 atom stereocenters. The molecule has 0 aliphatic carbocycles. The number of hydrogen-bond acceptors (Lipinski definition) is 2. The SMILES string of the molecule is Cc1n[nH]c(C)c1CC(=O)NCc1cc(F)ccc1Cl. The van der Waals surface area contributed by atoms with Crippen LogP contribution in [0.3, 0.4) is 0 Å². The van der Waals surface area contributed by atoms with Gasteiger partial charge in [0, 0.05) is 22.8 Å². The Bertz CT molecular complexity index is 620. The van der Waals surface area contributed by atoms with E-state index < -0.39 is 0 Å². The normalized spacial score (nSPS) is 10.6. The number of carbonyl (C=O) groups is 1. The summed E-state index contributed by atoms with van der Waals surface area (Å²) in [7, 11) is 0. The summed E-state index contributed by atoms with van der Waals surface area (Å²) in [6.07, 6.45) is 0.237. The van der Waals surface area contributed by atoms with Crippen molar-refractivity contribution in [3.8, 4) is 0 Å². The van der Waals surface area contributed by atoms with E-state index in [1.54, 1.807) is 0 Å². The highest BCUT2D eigenvalue weighted by Gasteiger charge is 2.11. The number of hydrogen-bond donors (Lipinski definition) is 2. The molecule has 6 heteroatoms. The van der Waals surface area contributed by atoms with Crippen molar-refractivity contribution in [2.24, 2.45) is 0 Å². The van der Waals surface area contributed by atoms with E-state index in [2.05, 4.69) is 15.5 Å². The summed E-state index contributed by atoms with van der Waals surface area (Å²) < 4.78 is 13.1. The largest absolute Gasteiger partial charge is 0.352 e. The fraction of sp³-hybridized carbons (Fsp3) is 0.286. The van der Waals surface area contributed by atoms with Crippen molar-refractivity contribution in [1.29, 1.82) is 0 Å². The van der Waals surface area contributed by atoms with Crippen LogP contribution in [0.5, 0.6) is 0 Å². The van der Waals surface area contributed by atoms with Gasteiger partial charge in [-0.2, -0.15) is 5.10 Å².